The Labute approximate surface area is 223 Å². The molecule has 0 saturated heterocycles. The van der Waals surface area contributed by atoms with E-state index < -0.39 is 22.4 Å². The van der Waals surface area contributed by atoms with E-state index in [1.165, 1.54) is 28.2 Å². The summed E-state index contributed by atoms with van der Waals surface area (Å²) >= 11 is 1.55. The minimum atomic E-state index is -4.74. The van der Waals surface area contributed by atoms with Crippen molar-refractivity contribution in [1.29, 1.82) is 0 Å². The third-order valence-electron chi connectivity index (χ3n) is 6.16. The number of fused-ring (bicyclic) bond motifs is 3. The summed E-state index contributed by atoms with van der Waals surface area (Å²) in [5.74, 6) is -0.133. The van der Waals surface area contributed by atoms with Gasteiger partial charge in [0.2, 0.25) is 5.75 Å². The lowest BCUT2D eigenvalue weighted by atomic mass is 9.97. The Morgan fingerprint density at radius 1 is 1.15 bits per heavy atom. The lowest BCUT2D eigenvalue weighted by molar-refractivity contribution is -0.385. The Hall–Kier alpha value is -4.26. The van der Waals surface area contributed by atoms with Crippen molar-refractivity contribution < 1.29 is 27.6 Å². The molecule has 2 aromatic heterocycles. The second-order valence-electron chi connectivity index (χ2n) is 8.71. The summed E-state index contributed by atoms with van der Waals surface area (Å²) in [5.41, 5.74) is -0.678. The van der Waals surface area contributed by atoms with Gasteiger partial charge in [0, 0.05) is 10.9 Å². The van der Waals surface area contributed by atoms with E-state index in [1.807, 2.05) is 0 Å². The van der Waals surface area contributed by atoms with E-state index in [-0.39, 0.29) is 29.4 Å². The van der Waals surface area contributed by atoms with E-state index in [9.17, 15) is 28.1 Å². The van der Waals surface area contributed by atoms with Crippen molar-refractivity contribution in [2.75, 3.05) is 6.61 Å². The summed E-state index contributed by atoms with van der Waals surface area (Å²) in [6.07, 6.45) is 1.97. The first kappa shape index (κ1) is 26.4. The predicted molar refractivity (Wildman–Crippen MR) is 139 cm³/mol. The quantitative estimate of drug-likeness (QED) is 0.149. The van der Waals surface area contributed by atoms with Gasteiger partial charge in [0.05, 0.1) is 28.7 Å². The van der Waals surface area contributed by atoms with Crippen LogP contribution in [0.3, 0.4) is 0 Å². The van der Waals surface area contributed by atoms with Crippen LogP contribution in [0.1, 0.15) is 41.3 Å². The van der Waals surface area contributed by atoms with Crippen molar-refractivity contribution in [2.24, 2.45) is 5.10 Å². The molecule has 4 aromatic rings. The maximum Gasteiger partial charge on any atom is 0.416 e. The van der Waals surface area contributed by atoms with Crippen LogP contribution in [-0.4, -0.2) is 27.4 Å². The van der Waals surface area contributed by atoms with Gasteiger partial charge in [0.25, 0.3) is 5.56 Å². The zero-order valence-electron chi connectivity index (χ0n) is 20.5. The Kier molecular flexibility index (Phi) is 7.08. The van der Waals surface area contributed by atoms with Gasteiger partial charge in [-0.25, -0.2) is 4.98 Å². The topological polar surface area (TPSA) is 109 Å². The number of thiophene rings is 1. The summed E-state index contributed by atoms with van der Waals surface area (Å²) in [7, 11) is 0. The maximum atomic E-state index is 13.1. The highest BCUT2D eigenvalue weighted by Gasteiger charge is 2.33. The minimum absolute atomic E-state index is 0.0574. The molecule has 0 N–H and O–H groups in total. The monoisotopic (exact) mass is 558 g/mol. The van der Waals surface area contributed by atoms with E-state index in [2.05, 4.69) is 10.1 Å². The van der Waals surface area contributed by atoms with Gasteiger partial charge in [-0.1, -0.05) is 0 Å². The summed E-state index contributed by atoms with van der Waals surface area (Å²) in [6.45, 7) is 1.93. The average molecular weight is 559 g/mol. The molecule has 0 amide bonds. The van der Waals surface area contributed by atoms with E-state index in [0.717, 1.165) is 37.3 Å². The second kappa shape index (κ2) is 10.5. The zero-order chi connectivity index (χ0) is 27.7. The number of halogens is 3. The molecule has 0 atom stereocenters. The fourth-order valence-corrected chi connectivity index (χ4v) is 5.57. The molecular formula is C26H21F3N4O5S. The average Bonchev–Trinajstić information content (AvgIpc) is 3.28. The molecule has 1 aliphatic rings. The number of nitrogens with zero attached hydrogens (tertiary/aromatic N) is 4. The van der Waals surface area contributed by atoms with Crippen LogP contribution in [0, 0.1) is 10.1 Å². The molecule has 0 bridgehead atoms. The van der Waals surface area contributed by atoms with Crippen molar-refractivity contribution in [1.82, 2.24) is 9.66 Å². The number of hydrogen-bond donors (Lipinski definition) is 0. The molecule has 0 radical (unpaired) electrons. The molecule has 1 aliphatic carbocycles. The first-order chi connectivity index (χ1) is 18.7. The molecule has 0 fully saturated rings. The number of aromatic nitrogens is 2. The third kappa shape index (κ3) is 5.35. The summed E-state index contributed by atoms with van der Waals surface area (Å²) in [5, 5.41) is 16.3. The first-order valence-corrected chi connectivity index (χ1v) is 12.8. The Morgan fingerprint density at radius 2 is 1.92 bits per heavy atom. The van der Waals surface area contributed by atoms with Crippen molar-refractivity contribution >= 4 is 33.5 Å². The lowest BCUT2D eigenvalue weighted by Crippen LogP contribution is -2.18. The van der Waals surface area contributed by atoms with Crippen LogP contribution in [0.4, 0.5) is 18.9 Å². The van der Waals surface area contributed by atoms with Crippen LogP contribution < -0.4 is 15.0 Å². The van der Waals surface area contributed by atoms with Crippen LogP contribution in [0.5, 0.6) is 17.2 Å². The molecule has 5 rings (SSSR count). The highest BCUT2D eigenvalue weighted by atomic mass is 32.1. The fraction of sp³-hybridized carbons (Fsp3) is 0.269. The van der Waals surface area contributed by atoms with Crippen molar-refractivity contribution in [3.05, 3.63) is 84.8 Å². The summed E-state index contributed by atoms with van der Waals surface area (Å²) < 4.78 is 51.5. The minimum Gasteiger partial charge on any atom is -0.490 e. The Balaban J connectivity index is 1.45. The standard InChI is InChI=1S/C26H21F3N4O5S/c1-2-37-21-11-15(7-9-20(21)38-19-10-8-16(26(27,28)29)12-18(19)33(35)36)13-31-32-14-30-24-23(25(32)34)17-5-3-4-6-22(17)39-24/h7-14H,2-6H2,1H3/b31-13+. The smallest absolute Gasteiger partial charge is 0.416 e. The van der Waals surface area contributed by atoms with Crippen LogP contribution in [0.2, 0.25) is 0 Å². The van der Waals surface area contributed by atoms with E-state index in [4.69, 9.17) is 9.47 Å². The summed E-state index contributed by atoms with van der Waals surface area (Å²) in [4.78, 5) is 29.9. The van der Waals surface area contributed by atoms with Gasteiger partial charge >= 0.3 is 11.9 Å². The van der Waals surface area contributed by atoms with Gasteiger partial charge in [0.1, 0.15) is 11.2 Å². The molecule has 13 heteroatoms. The number of nitro groups is 1. The number of hydrogen-bond acceptors (Lipinski definition) is 8. The zero-order valence-corrected chi connectivity index (χ0v) is 21.3. The predicted octanol–water partition coefficient (Wildman–Crippen LogP) is 6.34. The first-order valence-electron chi connectivity index (χ1n) is 12.0. The van der Waals surface area contributed by atoms with Gasteiger partial charge < -0.3 is 9.47 Å². The van der Waals surface area contributed by atoms with Crippen LogP contribution in [0.15, 0.2) is 52.6 Å². The molecule has 39 heavy (non-hydrogen) atoms. The fourth-order valence-electron chi connectivity index (χ4n) is 4.35. The molecule has 9 nitrogen and oxygen atoms in total. The normalized spacial score (nSPS) is 13.5. The molecule has 0 spiro atoms. The van der Waals surface area contributed by atoms with Gasteiger partial charge in [-0.3, -0.25) is 14.9 Å². The molecule has 0 unspecified atom stereocenters. The molecule has 0 saturated carbocycles. The van der Waals surface area contributed by atoms with Crippen LogP contribution in [0.25, 0.3) is 10.2 Å². The molecular weight excluding hydrogens is 537 g/mol. The number of aryl methyl sites for hydroxylation is 2. The van der Waals surface area contributed by atoms with Crippen molar-refractivity contribution in [2.45, 2.75) is 38.8 Å². The summed E-state index contributed by atoms with van der Waals surface area (Å²) in [6, 6.07) is 6.58. The SMILES string of the molecule is CCOc1cc(/C=N/n2cnc3sc4c(c3c2=O)CCCC4)ccc1Oc1ccc(C(F)(F)F)cc1[N+](=O)[O-]. The molecule has 2 aromatic carbocycles. The molecule has 2 heterocycles. The number of rotatable bonds is 7. The number of nitro benzene ring substituents is 1. The largest absolute Gasteiger partial charge is 0.490 e. The van der Waals surface area contributed by atoms with E-state index in [1.54, 1.807) is 30.4 Å². The second-order valence-corrected chi connectivity index (χ2v) is 9.79. The van der Waals surface area contributed by atoms with Gasteiger partial charge in [0.15, 0.2) is 11.5 Å². The maximum absolute atomic E-state index is 13.1. The van der Waals surface area contributed by atoms with Crippen LogP contribution >= 0.6 is 11.3 Å². The van der Waals surface area contributed by atoms with Gasteiger partial charge in [-0.2, -0.15) is 22.9 Å². The van der Waals surface area contributed by atoms with E-state index >= 15 is 0 Å². The van der Waals surface area contributed by atoms with Gasteiger partial charge in [-0.05, 0) is 74.1 Å². The molecule has 0 aliphatic heterocycles. The van der Waals surface area contributed by atoms with Crippen molar-refractivity contribution in [3.63, 3.8) is 0 Å². The van der Waals surface area contributed by atoms with Gasteiger partial charge in [-0.15, -0.1) is 11.3 Å². The van der Waals surface area contributed by atoms with Crippen molar-refractivity contribution in [3.8, 4) is 17.2 Å². The number of ether oxygens (including phenoxy) is 2. The highest BCUT2D eigenvalue weighted by Crippen LogP contribution is 2.40. The Morgan fingerprint density at radius 3 is 2.67 bits per heavy atom. The Bertz CT molecular complexity index is 1660. The van der Waals surface area contributed by atoms with E-state index in [0.29, 0.717) is 27.9 Å². The highest BCUT2D eigenvalue weighted by molar-refractivity contribution is 7.18. The van der Waals surface area contributed by atoms with Crippen LogP contribution in [-0.2, 0) is 19.0 Å². The lowest BCUT2D eigenvalue weighted by Gasteiger charge is -2.13. The molecule has 202 valence electrons. The number of alkyl halides is 3. The number of benzene rings is 2. The third-order valence-corrected chi connectivity index (χ3v) is 7.36.